The van der Waals surface area contributed by atoms with Gasteiger partial charge in [-0.2, -0.15) is 0 Å². The van der Waals surface area contributed by atoms with Crippen molar-refractivity contribution in [1.82, 2.24) is 5.32 Å². The molecule has 0 spiro atoms. The van der Waals surface area contributed by atoms with E-state index >= 15 is 0 Å². The van der Waals surface area contributed by atoms with Crippen LogP contribution in [0.5, 0.6) is 0 Å². The van der Waals surface area contributed by atoms with E-state index in [9.17, 15) is 4.39 Å². The highest BCUT2D eigenvalue weighted by Gasteiger charge is 2.20. The Labute approximate surface area is 94.5 Å². The van der Waals surface area contributed by atoms with Crippen molar-refractivity contribution in [2.45, 2.75) is 37.2 Å². The third kappa shape index (κ3) is 3.21. The fourth-order valence-electron chi connectivity index (χ4n) is 1.52. The Bertz CT molecular complexity index is 336. The van der Waals surface area contributed by atoms with E-state index in [0.717, 1.165) is 17.9 Å². The highest BCUT2D eigenvalue weighted by molar-refractivity contribution is 7.99. The second kappa shape index (κ2) is 4.99. The second-order valence-electron chi connectivity index (χ2n) is 3.84. The number of hydrogen-bond donors (Lipinski definition) is 1. The normalized spacial score (nSPS) is 15.6. The van der Waals surface area contributed by atoms with Crippen molar-refractivity contribution < 1.29 is 4.39 Å². The molecule has 2 rings (SSSR count). The molecule has 0 heterocycles. The minimum absolute atomic E-state index is 0.136. The Balaban J connectivity index is 2.05. The summed E-state index contributed by atoms with van der Waals surface area (Å²) >= 11 is 1.78. The molecule has 1 aliphatic carbocycles. The zero-order chi connectivity index (χ0) is 10.7. The Hall–Kier alpha value is -0.540. The zero-order valence-corrected chi connectivity index (χ0v) is 9.74. The van der Waals surface area contributed by atoms with Crippen LogP contribution >= 0.6 is 11.8 Å². The molecule has 0 radical (unpaired) electrons. The first-order chi connectivity index (χ1) is 7.29. The number of benzene rings is 1. The Kier molecular flexibility index (Phi) is 3.65. The molecule has 0 amide bonds. The third-order valence-electron chi connectivity index (χ3n) is 2.48. The summed E-state index contributed by atoms with van der Waals surface area (Å²) in [5, 5.41) is 3.42. The van der Waals surface area contributed by atoms with Crippen LogP contribution in [0.1, 0.15) is 25.3 Å². The molecule has 1 nitrogen and oxygen atoms in total. The van der Waals surface area contributed by atoms with Gasteiger partial charge in [0.1, 0.15) is 5.82 Å². The largest absolute Gasteiger partial charge is 0.310 e. The van der Waals surface area contributed by atoms with Crippen molar-refractivity contribution in [1.29, 1.82) is 0 Å². The number of hydrogen-bond acceptors (Lipinski definition) is 2. The zero-order valence-electron chi connectivity index (χ0n) is 8.92. The molecule has 1 saturated carbocycles. The van der Waals surface area contributed by atoms with Crippen molar-refractivity contribution in [3.63, 3.8) is 0 Å². The monoisotopic (exact) mass is 225 g/mol. The van der Waals surface area contributed by atoms with Gasteiger partial charge in [0.05, 0.1) is 0 Å². The van der Waals surface area contributed by atoms with Crippen molar-refractivity contribution >= 4 is 11.8 Å². The molecule has 1 fully saturated rings. The van der Waals surface area contributed by atoms with Crippen LogP contribution in [0, 0.1) is 5.82 Å². The van der Waals surface area contributed by atoms with Crippen LogP contribution in [-0.4, -0.2) is 11.8 Å². The van der Waals surface area contributed by atoms with E-state index in [4.69, 9.17) is 0 Å². The SMILES string of the molecule is CCSc1ccc(F)cc1CNC1CC1. The van der Waals surface area contributed by atoms with Crippen LogP contribution in [0.15, 0.2) is 23.1 Å². The first-order valence-corrected chi connectivity index (χ1v) is 6.42. The van der Waals surface area contributed by atoms with Crippen LogP contribution in [0.3, 0.4) is 0 Å². The van der Waals surface area contributed by atoms with Gasteiger partial charge < -0.3 is 5.32 Å². The smallest absolute Gasteiger partial charge is 0.123 e. The van der Waals surface area contributed by atoms with Crippen molar-refractivity contribution in [3.8, 4) is 0 Å². The Morgan fingerprint density at radius 3 is 2.93 bits per heavy atom. The van der Waals surface area contributed by atoms with Crippen molar-refractivity contribution in [3.05, 3.63) is 29.6 Å². The lowest BCUT2D eigenvalue weighted by Crippen LogP contribution is -2.16. The highest BCUT2D eigenvalue weighted by atomic mass is 32.2. The highest BCUT2D eigenvalue weighted by Crippen LogP contribution is 2.25. The fourth-order valence-corrected chi connectivity index (χ4v) is 2.32. The van der Waals surface area contributed by atoms with Gasteiger partial charge in [-0.25, -0.2) is 4.39 Å². The third-order valence-corrected chi connectivity index (χ3v) is 3.48. The van der Waals surface area contributed by atoms with E-state index in [2.05, 4.69) is 12.2 Å². The van der Waals surface area contributed by atoms with Gasteiger partial charge >= 0.3 is 0 Å². The number of halogens is 1. The molecule has 0 aliphatic heterocycles. The van der Waals surface area contributed by atoms with Gasteiger partial charge in [-0.3, -0.25) is 0 Å². The topological polar surface area (TPSA) is 12.0 Å². The maximum absolute atomic E-state index is 13.1. The summed E-state index contributed by atoms with van der Waals surface area (Å²) in [4.78, 5) is 1.20. The maximum atomic E-state index is 13.1. The first kappa shape index (κ1) is 11.0. The van der Waals surface area contributed by atoms with Crippen LogP contribution < -0.4 is 5.32 Å². The van der Waals surface area contributed by atoms with E-state index in [-0.39, 0.29) is 5.82 Å². The molecule has 0 unspecified atom stereocenters. The Morgan fingerprint density at radius 2 is 2.27 bits per heavy atom. The molecule has 15 heavy (non-hydrogen) atoms. The predicted octanol–water partition coefficient (Wildman–Crippen LogP) is 3.19. The van der Waals surface area contributed by atoms with Crippen molar-refractivity contribution in [2.75, 3.05) is 5.75 Å². The lowest BCUT2D eigenvalue weighted by Gasteiger charge is -2.09. The second-order valence-corrected chi connectivity index (χ2v) is 5.15. The molecule has 1 aromatic rings. The molecule has 3 heteroatoms. The summed E-state index contributed by atoms with van der Waals surface area (Å²) in [6.45, 7) is 2.91. The van der Waals surface area contributed by atoms with E-state index in [1.165, 1.54) is 17.7 Å². The van der Waals surface area contributed by atoms with Crippen LogP contribution in [0.2, 0.25) is 0 Å². The molecular formula is C12H16FNS. The molecule has 82 valence electrons. The van der Waals surface area contributed by atoms with E-state index in [1.807, 2.05) is 6.07 Å². The summed E-state index contributed by atoms with van der Waals surface area (Å²) in [6, 6.07) is 5.74. The van der Waals surface area contributed by atoms with Crippen molar-refractivity contribution in [2.24, 2.45) is 0 Å². The van der Waals surface area contributed by atoms with E-state index in [1.54, 1.807) is 23.9 Å². The predicted molar refractivity (Wildman–Crippen MR) is 62.7 cm³/mol. The Morgan fingerprint density at radius 1 is 1.47 bits per heavy atom. The molecule has 0 saturated heterocycles. The maximum Gasteiger partial charge on any atom is 0.123 e. The average Bonchev–Trinajstić information content (AvgIpc) is 3.02. The molecule has 0 bridgehead atoms. The fraction of sp³-hybridized carbons (Fsp3) is 0.500. The van der Waals surface area contributed by atoms with Gasteiger partial charge in [-0.05, 0) is 42.4 Å². The van der Waals surface area contributed by atoms with Crippen LogP contribution in [0.25, 0.3) is 0 Å². The molecule has 1 aromatic carbocycles. The molecular weight excluding hydrogens is 209 g/mol. The number of nitrogens with one attached hydrogen (secondary N) is 1. The molecule has 1 aliphatic rings. The standard InChI is InChI=1S/C12H16FNS/c1-2-15-12-6-3-10(13)7-9(12)8-14-11-4-5-11/h3,6-7,11,14H,2,4-5,8H2,1H3. The van der Waals surface area contributed by atoms with E-state index < -0.39 is 0 Å². The summed E-state index contributed by atoms with van der Waals surface area (Å²) in [5.41, 5.74) is 1.09. The first-order valence-electron chi connectivity index (χ1n) is 5.44. The van der Waals surface area contributed by atoms with Gasteiger partial charge in [0, 0.05) is 17.5 Å². The molecule has 0 aromatic heterocycles. The average molecular weight is 225 g/mol. The lowest BCUT2D eigenvalue weighted by atomic mass is 10.2. The molecule has 1 N–H and O–H groups in total. The number of thioether (sulfide) groups is 1. The summed E-state index contributed by atoms with van der Waals surface area (Å²) in [6.07, 6.45) is 2.54. The summed E-state index contributed by atoms with van der Waals surface area (Å²) in [5.74, 6) is 0.894. The van der Waals surface area contributed by atoms with Gasteiger partial charge in [-0.1, -0.05) is 6.92 Å². The summed E-state index contributed by atoms with van der Waals surface area (Å²) < 4.78 is 13.1. The van der Waals surface area contributed by atoms with Crippen LogP contribution in [-0.2, 0) is 6.54 Å². The van der Waals surface area contributed by atoms with Gasteiger partial charge in [0.15, 0.2) is 0 Å². The van der Waals surface area contributed by atoms with Gasteiger partial charge in [-0.15, -0.1) is 11.8 Å². The lowest BCUT2D eigenvalue weighted by molar-refractivity contribution is 0.616. The summed E-state index contributed by atoms with van der Waals surface area (Å²) in [7, 11) is 0. The quantitative estimate of drug-likeness (QED) is 0.772. The van der Waals surface area contributed by atoms with Crippen LogP contribution in [0.4, 0.5) is 4.39 Å². The number of rotatable bonds is 5. The minimum Gasteiger partial charge on any atom is -0.310 e. The van der Waals surface area contributed by atoms with Gasteiger partial charge in [0.25, 0.3) is 0 Å². The molecule has 0 atom stereocenters. The minimum atomic E-state index is -0.136. The van der Waals surface area contributed by atoms with Gasteiger partial charge in [0.2, 0.25) is 0 Å². The van der Waals surface area contributed by atoms with E-state index in [0.29, 0.717) is 6.04 Å².